The number of piperidine rings is 1. The van der Waals surface area contributed by atoms with Gasteiger partial charge in [-0.2, -0.15) is 0 Å². The van der Waals surface area contributed by atoms with Gasteiger partial charge >= 0.3 is 11.9 Å². The summed E-state index contributed by atoms with van der Waals surface area (Å²) in [6, 6.07) is 5.14. The maximum Gasteiger partial charge on any atom is 0.306 e. The summed E-state index contributed by atoms with van der Waals surface area (Å²) in [5.74, 6) is -3.39. The minimum absolute atomic E-state index is 0.0710. The topological polar surface area (TPSA) is 202 Å². The second-order valence-electron chi connectivity index (χ2n) is 13.7. The van der Waals surface area contributed by atoms with E-state index < -0.39 is 48.0 Å². The molecule has 14 heteroatoms. The first-order chi connectivity index (χ1) is 23.7. The van der Waals surface area contributed by atoms with E-state index in [0.29, 0.717) is 23.5 Å². The lowest BCUT2D eigenvalue weighted by Crippen LogP contribution is -2.57. The number of aromatic nitrogens is 1. The molecule has 0 spiro atoms. The summed E-state index contributed by atoms with van der Waals surface area (Å²) in [5.41, 5.74) is 7.40. The Hall–Kier alpha value is -4.04. The van der Waals surface area contributed by atoms with Gasteiger partial charge in [-0.15, -0.1) is 11.3 Å². The molecule has 1 saturated heterocycles. The number of carboxylic acids is 1. The zero-order valence-corrected chi connectivity index (χ0v) is 30.8. The number of aliphatic carboxylic acids is 1. The summed E-state index contributed by atoms with van der Waals surface area (Å²) in [5, 5.41) is 23.7. The third-order valence-electron chi connectivity index (χ3n) is 9.22. The van der Waals surface area contributed by atoms with Gasteiger partial charge in [0, 0.05) is 36.5 Å². The highest BCUT2D eigenvalue weighted by Gasteiger charge is 2.33. The van der Waals surface area contributed by atoms with E-state index in [4.69, 9.17) is 10.5 Å². The van der Waals surface area contributed by atoms with Gasteiger partial charge in [0.1, 0.15) is 16.7 Å². The largest absolute Gasteiger partial charge is 0.481 e. The Morgan fingerprint density at radius 1 is 1.04 bits per heavy atom. The zero-order chi connectivity index (χ0) is 37.0. The molecule has 1 aliphatic rings. The molecule has 0 radical (unpaired) electrons. The molecule has 1 aliphatic heterocycles. The van der Waals surface area contributed by atoms with E-state index in [9.17, 15) is 29.1 Å². The number of nitrogen functional groups attached to an aromatic ring is 1. The highest BCUT2D eigenvalue weighted by Crippen LogP contribution is 2.29. The predicted molar refractivity (Wildman–Crippen MR) is 192 cm³/mol. The molecule has 7 atom stereocenters. The van der Waals surface area contributed by atoms with Gasteiger partial charge in [-0.05, 0) is 61.8 Å². The molecule has 1 fully saturated rings. The van der Waals surface area contributed by atoms with Crippen molar-refractivity contribution in [1.29, 1.82) is 0 Å². The van der Waals surface area contributed by atoms with Gasteiger partial charge in [0.25, 0.3) is 5.91 Å². The van der Waals surface area contributed by atoms with E-state index in [1.165, 1.54) is 6.92 Å². The summed E-state index contributed by atoms with van der Waals surface area (Å²) >= 11 is 1.16. The van der Waals surface area contributed by atoms with Crippen LogP contribution in [-0.2, 0) is 30.3 Å². The van der Waals surface area contributed by atoms with Crippen LogP contribution in [0.5, 0.6) is 0 Å². The van der Waals surface area contributed by atoms with Crippen molar-refractivity contribution in [3.8, 4) is 0 Å². The van der Waals surface area contributed by atoms with E-state index in [-0.39, 0.29) is 48.2 Å². The lowest BCUT2D eigenvalue weighted by molar-refractivity contribution is -0.147. The second kappa shape index (κ2) is 19.4. The molecule has 2 aromatic rings. The number of anilines is 1. The first kappa shape index (κ1) is 40.4. The number of nitrogens with one attached hydrogen (secondary N) is 4. The van der Waals surface area contributed by atoms with E-state index in [0.717, 1.165) is 42.7 Å². The molecule has 1 unspecified atom stereocenters. The molecule has 0 bridgehead atoms. The van der Waals surface area contributed by atoms with Crippen molar-refractivity contribution in [2.75, 3.05) is 12.3 Å². The normalized spacial score (nSPS) is 18.2. The molecular weight excluding hydrogens is 660 g/mol. The quantitative estimate of drug-likeness (QED) is 0.0969. The molecule has 276 valence electrons. The molecule has 3 rings (SSSR count). The summed E-state index contributed by atoms with van der Waals surface area (Å²) in [6.07, 6.45) is 3.29. The molecule has 7 N–H and O–H groups in total. The monoisotopic (exact) mass is 714 g/mol. The number of carbonyl (C=O) groups is 5. The number of hydrogen-bond acceptors (Lipinski definition) is 10. The van der Waals surface area contributed by atoms with Crippen LogP contribution in [0.15, 0.2) is 29.6 Å². The highest BCUT2D eigenvalue weighted by atomic mass is 32.1. The Morgan fingerprint density at radius 2 is 1.74 bits per heavy atom. The molecule has 3 amide bonds. The first-order valence-corrected chi connectivity index (χ1v) is 18.4. The lowest BCUT2D eigenvalue weighted by Gasteiger charge is -2.31. The summed E-state index contributed by atoms with van der Waals surface area (Å²) < 4.78 is 5.69. The van der Waals surface area contributed by atoms with Gasteiger partial charge in [-0.3, -0.25) is 24.0 Å². The molecule has 1 aromatic carbocycles. The maximum absolute atomic E-state index is 13.7. The van der Waals surface area contributed by atoms with Crippen LogP contribution >= 0.6 is 11.3 Å². The molecular formula is C36H54N6O7S. The zero-order valence-electron chi connectivity index (χ0n) is 30.0. The lowest BCUT2D eigenvalue weighted by atomic mass is 9.94. The van der Waals surface area contributed by atoms with Crippen LogP contribution in [0.3, 0.4) is 0 Å². The van der Waals surface area contributed by atoms with Crippen LogP contribution in [0, 0.1) is 17.8 Å². The predicted octanol–water partition coefficient (Wildman–Crippen LogP) is 3.99. The molecule has 13 nitrogen and oxygen atoms in total. The fraction of sp³-hybridized carbons (Fsp3) is 0.611. The van der Waals surface area contributed by atoms with Crippen LogP contribution in [0.4, 0.5) is 5.69 Å². The molecule has 0 aliphatic carbocycles. The number of amides is 3. The Balaban J connectivity index is 1.76. The van der Waals surface area contributed by atoms with Crippen molar-refractivity contribution in [3.63, 3.8) is 0 Å². The van der Waals surface area contributed by atoms with Gasteiger partial charge in [0.2, 0.25) is 11.8 Å². The van der Waals surface area contributed by atoms with Crippen LogP contribution in [0.1, 0.15) is 107 Å². The number of ether oxygens (including phenoxy) is 1. The number of carboxylic acid groups (broad SMARTS) is 1. The Kier molecular flexibility index (Phi) is 15.7. The van der Waals surface area contributed by atoms with Crippen molar-refractivity contribution < 1.29 is 33.8 Å². The number of nitrogens with zero attached hydrogens (tertiary/aromatic N) is 1. The minimum atomic E-state index is -0.965. The summed E-state index contributed by atoms with van der Waals surface area (Å²) in [7, 11) is 0. The van der Waals surface area contributed by atoms with Gasteiger partial charge in [-0.1, -0.05) is 59.6 Å². The van der Waals surface area contributed by atoms with Crippen molar-refractivity contribution >= 4 is 46.7 Å². The number of benzene rings is 1. The third kappa shape index (κ3) is 12.4. The van der Waals surface area contributed by atoms with Crippen LogP contribution < -0.4 is 27.0 Å². The Bertz CT molecular complexity index is 1440. The van der Waals surface area contributed by atoms with Crippen molar-refractivity contribution in [1.82, 2.24) is 26.3 Å². The van der Waals surface area contributed by atoms with Crippen molar-refractivity contribution in [2.24, 2.45) is 17.8 Å². The van der Waals surface area contributed by atoms with E-state index >= 15 is 0 Å². The molecule has 50 heavy (non-hydrogen) atoms. The minimum Gasteiger partial charge on any atom is -0.481 e. The van der Waals surface area contributed by atoms with E-state index in [2.05, 4.69) is 26.3 Å². The number of nitrogens with two attached hydrogens (primary N) is 1. The fourth-order valence-electron chi connectivity index (χ4n) is 5.89. The number of thiazole rings is 1. The van der Waals surface area contributed by atoms with Gasteiger partial charge in [0.15, 0.2) is 6.10 Å². The standard InChI is InChI=1S/C36H54N6O7S/c1-7-21(4)31(42-32(44)27-10-8-9-15-38-27)34(46)40-28(20(2)3)18-30(49-23(6)43)35-41-29(19-50-35)33(45)39-26(16-22(5)36(47)48)17-24-11-13-25(37)14-12-24/h11-14,19-22,26-28,30-31,38H,7-10,15-18,37H2,1-6H3,(H,39,45)(H,40,46)(H,42,44)(H,47,48)/t21-,22?,26+,27+,28+,30+,31-/m0/s1. The Labute approximate surface area is 298 Å². The fourth-order valence-corrected chi connectivity index (χ4v) is 6.73. The molecule has 2 heterocycles. The van der Waals surface area contributed by atoms with Crippen molar-refractivity contribution in [2.45, 2.75) is 117 Å². The van der Waals surface area contributed by atoms with E-state index in [1.54, 1.807) is 24.4 Å². The number of esters is 1. The summed E-state index contributed by atoms with van der Waals surface area (Å²) in [6.45, 7) is 11.4. The second-order valence-corrected chi connectivity index (χ2v) is 14.6. The Morgan fingerprint density at radius 3 is 2.32 bits per heavy atom. The van der Waals surface area contributed by atoms with Crippen LogP contribution in [-0.4, -0.2) is 70.5 Å². The van der Waals surface area contributed by atoms with E-state index in [1.807, 2.05) is 39.8 Å². The number of hydrogen-bond donors (Lipinski definition) is 6. The smallest absolute Gasteiger partial charge is 0.306 e. The van der Waals surface area contributed by atoms with Gasteiger partial charge < -0.3 is 36.8 Å². The third-order valence-corrected chi connectivity index (χ3v) is 10.2. The number of carbonyl (C=O) groups excluding carboxylic acids is 4. The van der Waals surface area contributed by atoms with Crippen molar-refractivity contribution in [3.05, 3.63) is 45.9 Å². The van der Waals surface area contributed by atoms with Crippen LogP contribution in [0.25, 0.3) is 0 Å². The SMILES string of the molecule is CC[C@H](C)[C@H](NC(=O)[C@H]1CCCCN1)C(=O)N[C@H](C[C@@H](OC(C)=O)c1nc(C(=O)N[C@@H](Cc2ccc(N)cc2)CC(C)C(=O)O)cs1)C(C)C. The molecule has 0 saturated carbocycles. The summed E-state index contributed by atoms with van der Waals surface area (Å²) in [4.78, 5) is 68.6. The highest BCUT2D eigenvalue weighted by molar-refractivity contribution is 7.09. The molecule has 1 aromatic heterocycles. The van der Waals surface area contributed by atoms with Gasteiger partial charge in [-0.25, -0.2) is 4.98 Å². The average molecular weight is 715 g/mol. The average Bonchev–Trinajstić information content (AvgIpc) is 3.58. The first-order valence-electron chi connectivity index (χ1n) is 17.5. The number of rotatable bonds is 18. The van der Waals surface area contributed by atoms with Gasteiger partial charge in [0.05, 0.1) is 12.0 Å². The maximum atomic E-state index is 13.7. The van der Waals surface area contributed by atoms with Crippen LogP contribution in [0.2, 0.25) is 0 Å².